The van der Waals surface area contributed by atoms with Gasteiger partial charge in [0.1, 0.15) is 5.75 Å². The molecule has 0 amide bonds. The first kappa shape index (κ1) is 21.7. The second-order valence-electron chi connectivity index (χ2n) is 7.54. The number of methoxy groups -OCH3 is 1. The fourth-order valence-corrected chi connectivity index (χ4v) is 4.38. The molecule has 158 valence electrons. The van der Waals surface area contributed by atoms with E-state index in [9.17, 15) is 0 Å². The highest BCUT2D eigenvalue weighted by Crippen LogP contribution is 2.20. The fourth-order valence-electron chi connectivity index (χ4n) is 3.63. The molecule has 2 aromatic rings. The van der Waals surface area contributed by atoms with Crippen LogP contribution in [0.2, 0.25) is 0 Å². The first-order valence-corrected chi connectivity index (χ1v) is 11.5. The number of piperidine rings is 1. The maximum absolute atomic E-state index is 5.22. The summed E-state index contributed by atoms with van der Waals surface area (Å²) < 4.78 is 5.22. The third kappa shape index (κ3) is 7.37. The predicted molar refractivity (Wildman–Crippen MR) is 123 cm³/mol. The number of hydrogen-bond donors (Lipinski definition) is 2. The molecule has 1 aromatic carbocycles. The first-order chi connectivity index (χ1) is 14.3. The van der Waals surface area contributed by atoms with Gasteiger partial charge in [0.15, 0.2) is 5.96 Å². The number of ether oxygens (including phenoxy) is 1. The van der Waals surface area contributed by atoms with Gasteiger partial charge in [0.2, 0.25) is 0 Å². The van der Waals surface area contributed by atoms with E-state index in [-0.39, 0.29) is 0 Å². The smallest absolute Gasteiger partial charge is 0.191 e. The zero-order valence-corrected chi connectivity index (χ0v) is 18.5. The van der Waals surface area contributed by atoms with Gasteiger partial charge in [0.05, 0.1) is 7.11 Å². The summed E-state index contributed by atoms with van der Waals surface area (Å²) in [6.45, 7) is 8.24. The zero-order valence-electron chi connectivity index (χ0n) is 17.7. The molecule has 2 N–H and O–H groups in total. The molecule has 0 saturated carbocycles. The van der Waals surface area contributed by atoms with Crippen LogP contribution in [0.25, 0.3) is 0 Å². The van der Waals surface area contributed by atoms with Crippen molar-refractivity contribution in [3.8, 4) is 5.75 Å². The van der Waals surface area contributed by atoms with Gasteiger partial charge in [-0.3, -0.25) is 9.89 Å². The molecule has 6 heteroatoms. The summed E-state index contributed by atoms with van der Waals surface area (Å²) in [6.07, 6.45) is 3.44. The van der Waals surface area contributed by atoms with Gasteiger partial charge in [0, 0.05) is 31.1 Å². The van der Waals surface area contributed by atoms with Crippen molar-refractivity contribution in [2.45, 2.75) is 32.7 Å². The zero-order chi connectivity index (χ0) is 20.3. The van der Waals surface area contributed by atoms with E-state index in [0.29, 0.717) is 5.92 Å². The molecule has 1 aliphatic rings. The standard InChI is InChI=1S/C23H34N4OS/c1-3-24-23(25-13-10-19-6-8-21(28-2)9-7-19)26-17-20-11-14-27(15-12-20)18-22-5-4-16-29-22/h4-9,16,20H,3,10-15,17-18H2,1-2H3,(H2,24,25,26). The van der Waals surface area contributed by atoms with Crippen LogP contribution in [0.15, 0.2) is 46.8 Å². The summed E-state index contributed by atoms with van der Waals surface area (Å²) in [5.74, 6) is 2.52. The minimum Gasteiger partial charge on any atom is -0.497 e. The van der Waals surface area contributed by atoms with Crippen molar-refractivity contribution < 1.29 is 4.74 Å². The minimum atomic E-state index is 0.687. The van der Waals surface area contributed by atoms with Gasteiger partial charge >= 0.3 is 0 Å². The lowest BCUT2D eigenvalue weighted by atomic mass is 9.97. The van der Waals surface area contributed by atoms with Gasteiger partial charge in [-0.1, -0.05) is 18.2 Å². The Morgan fingerprint density at radius 1 is 1.17 bits per heavy atom. The van der Waals surface area contributed by atoms with Crippen LogP contribution in [0.4, 0.5) is 0 Å². The average Bonchev–Trinajstić information content (AvgIpc) is 3.26. The largest absolute Gasteiger partial charge is 0.497 e. The second kappa shape index (κ2) is 11.8. The number of likely N-dealkylation sites (tertiary alicyclic amines) is 1. The van der Waals surface area contributed by atoms with Crippen LogP contribution >= 0.6 is 11.3 Å². The highest BCUT2D eigenvalue weighted by Gasteiger charge is 2.19. The van der Waals surface area contributed by atoms with E-state index in [4.69, 9.17) is 9.73 Å². The van der Waals surface area contributed by atoms with Gasteiger partial charge in [-0.25, -0.2) is 0 Å². The summed E-state index contributed by atoms with van der Waals surface area (Å²) in [5.41, 5.74) is 1.30. The normalized spacial score (nSPS) is 16.0. The summed E-state index contributed by atoms with van der Waals surface area (Å²) >= 11 is 1.86. The van der Waals surface area contributed by atoms with Crippen LogP contribution in [0.3, 0.4) is 0 Å². The maximum atomic E-state index is 5.22. The number of guanidine groups is 1. The highest BCUT2D eigenvalue weighted by atomic mass is 32.1. The molecule has 0 bridgehead atoms. The van der Waals surface area contributed by atoms with E-state index in [1.165, 1.54) is 36.4 Å². The molecular formula is C23H34N4OS. The lowest BCUT2D eigenvalue weighted by molar-refractivity contribution is 0.182. The molecule has 0 unspecified atom stereocenters. The Hall–Kier alpha value is -2.05. The molecule has 1 aromatic heterocycles. The van der Waals surface area contributed by atoms with Crippen LogP contribution in [0.5, 0.6) is 5.75 Å². The molecule has 5 nitrogen and oxygen atoms in total. The topological polar surface area (TPSA) is 48.9 Å². The molecule has 0 spiro atoms. The molecule has 0 atom stereocenters. The van der Waals surface area contributed by atoms with Crippen molar-refractivity contribution >= 4 is 17.3 Å². The molecule has 3 rings (SSSR count). The Kier molecular flexibility index (Phi) is 8.83. The Morgan fingerprint density at radius 3 is 2.62 bits per heavy atom. The van der Waals surface area contributed by atoms with Gasteiger partial charge in [-0.2, -0.15) is 0 Å². The molecule has 29 heavy (non-hydrogen) atoms. The Morgan fingerprint density at radius 2 is 1.97 bits per heavy atom. The highest BCUT2D eigenvalue weighted by molar-refractivity contribution is 7.09. The third-order valence-electron chi connectivity index (χ3n) is 5.38. The average molecular weight is 415 g/mol. The first-order valence-electron chi connectivity index (χ1n) is 10.7. The van der Waals surface area contributed by atoms with E-state index < -0.39 is 0 Å². The minimum absolute atomic E-state index is 0.687. The van der Waals surface area contributed by atoms with E-state index >= 15 is 0 Å². The summed E-state index contributed by atoms with van der Waals surface area (Å²) in [4.78, 5) is 8.90. The quantitative estimate of drug-likeness (QED) is 0.484. The molecule has 1 aliphatic heterocycles. The fraction of sp³-hybridized carbons (Fsp3) is 0.522. The van der Waals surface area contributed by atoms with Crippen LogP contribution in [0, 0.1) is 5.92 Å². The SMILES string of the molecule is CCNC(=NCC1CCN(Cc2cccs2)CC1)NCCc1ccc(OC)cc1. The van der Waals surface area contributed by atoms with E-state index in [1.54, 1.807) is 7.11 Å². The van der Waals surface area contributed by atoms with Crippen molar-refractivity contribution in [3.05, 3.63) is 52.2 Å². The van der Waals surface area contributed by atoms with Gasteiger partial charge < -0.3 is 15.4 Å². The molecule has 1 saturated heterocycles. The Bertz CT molecular complexity index is 722. The lowest BCUT2D eigenvalue weighted by Gasteiger charge is -2.31. The molecule has 0 aliphatic carbocycles. The van der Waals surface area contributed by atoms with E-state index in [0.717, 1.165) is 44.3 Å². The van der Waals surface area contributed by atoms with Crippen LogP contribution < -0.4 is 15.4 Å². The number of nitrogens with zero attached hydrogens (tertiary/aromatic N) is 2. The van der Waals surface area contributed by atoms with Crippen molar-refractivity contribution in [2.75, 3.05) is 39.8 Å². The molecule has 1 fully saturated rings. The summed E-state index contributed by atoms with van der Waals surface area (Å²) in [6, 6.07) is 12.6. The second-order valence-corrected chi connectivity index (χ2v) is 8.58. The van der Waals surface area contributed by atoms with Gasteiger partial charge in [-0.05, 0) is 74.3 Å². The maximum Gasteiger partial charge on any atom is 0.191 e. The van der Waals surface area contributed by atoms with Crippen LogP contribution in [-0.2, 0) is 13.0 Å². The number of nitrogens with one attached hydrogen (secondary N) is 2. The Balaban J connectivity index is 1.39. The van der Waals surface area contributed by atoms with Crippen molar-refractivity contribution in [1.82, 2.24) is 15.5 Å². The number of thiophene rings is 1. The van der Waals surface area contributed by atoms with E-state index in [2.05, 4.69) is 52.1 Å². The predicted octanol–water partition coefficient (Wildman–Crippen LogP) is 3.77. The monoisotopic (exact) mass is 414 g/mol. The van der Waals surface area contributed by atoms with Crippen molar-refractivity contribution in [1.29, 1.82) is 0 Å². The molecule has 2 heterocycles. The molecule has 0 radical (unpaired) electrons. The number of rotatable bonds is 9. The van der Waals surface area contributed by atoms with Crippen LogP contribution in [0.1, 0.15) is 30.2 Å². The van der Waals surface area contributed by atoms with E-state index in [1.807, 2.05) is 23.5 Å². The lowest BCUT2D eigenvalue weighted by Crippen LogP contribution is -2.39. The number of hydrogen-bond acceptors (Lipinski definition) is 4. The third-order valence-corrected chi connectivity index (χ3v) is 6.24. The summed E-state index contributed by atoms with van der Waals surface area (Å²) in [7, 11) is 1.70. The van der Waals surface area contributed by atoms with Gasteiger partial charge in [-0.15, -0.1) is 11.3 Å². The van der Waals surface area contributed by atoms with Crippen LogP contribution in [-0.4, -0.2) is 50.7 Å². The van der Waals surface area contributed by atoms with Crippen molar-refractivity contribution in [3.63, 3.8) is 0 Å². The summed E-state index contributed by atoms with van der Waals surface area (Å²) in [5, 5.41) is 9.02. The van der Waals surface area contributed by atoms with Gasteiger partial charge in [0.25, 0.3) is 0 Å². The van der Waals surface area contributed by atoms with Crippen molar-refractivity contribution in [2.24, 2.45) is 10.9 Å². The number of aliphatic imine (C=N–C) groups is 1. The molecular weight excluding hydrogens is 380 g/mol. The number of benzene rings is 1. The Labute approximate surface area is 179 Å².